The quantitative estimate of drug-likeness (QED) is 0.779. The second-order valence-electron chi connectivity index (χ2n) is 4.17. The second-order valence-corrected chi connectivity index (χ2v) is 4.17. The summed E-state index contributed by atoms with van der Waals surface area (Å²) in [6, 6.07) is 7.49. The van der Waals surface area contributed by atoms with Crippen LogP contribution >= 0.6 is 0 Å². The molecule has 0 fully saturated rings. The molecule has 110 valence electrons. The number of hydrogen-bond donors (Lipinski definition) is 2. The third-order valence-electron chi connectivity index (χ3n) is 2.78. The average molecular weight is 289 g/mol. The minimum absolute atomic E-state index is 0.0592. The molecule has 2 heterocycles. The fraction of sp³-hybridized carbons (Fsp3) is 0.214. The first-order valence-corrected chi connectivity index (χ1v) is 6.25. The Labute approximate surface area is 121 Å². The van der Waals surface area contributed by atoms with Crippen LogP contribution in [0.5, 0.6) is 0 Å². The van der Waals surface area contributed by atoms with Crippen LogP contribution < -0.4 is 11.1 Å². The molecule has 1 atom stereocenters. The normalized spacial score (nSPS) is 11.7. The summed E-state index contributed by atoms with van der Waals surface area (Å²) >= 11 is 0. The highest BCUT2D eigenvalue weighted by atomic mass is 16.5. The van der Waals surface area contributed by atoms with Gasteiger partial charge in [-0.15, -0.1) is 0 Å². The number of carbonyl (C=O) groups excluding carboxylic acids is 2. The number of esters is 1. The fourth-order valence-corrected chi connectivity index (χ4v) is 1.71. The molecule has 0 aromatic carbocycles. The van der Waals surface area contributed by atoms with Crippen molar-refractivity contribution in [3.63, 3.8) is 0 Å². The van der Waals surface area contributed by atoms with Crippen molar-refractivity contribution < 1.29 is 18.7 Å². The Kier molecular flexibility index (Phi) is 4.68. The molecule has 2 aromatic rings. The molecule has 1 amide bonds. The summed E-state index contributed by atoms with van der Waals surface area (Å²) in [6.45, 7) is -0.0592. The summed E-state index contributed by atoms with van der Waals surface area (Å²) in [5.41, 5.74) is 6.11. The molecule has 21 heavy (non-hydrogen) atoms. The molecule has 0 unspecified atom stereocenters. The van der Waals surface area contributed by atoms with Gasteiger partial charge in [0.1, 0.15) is 17.4 Å². The molecule has 0 spiro atoms. The number of ether oxygens (including phenoxy) is 1. The van der Waals surface area contributed by atoms with Gasteiger partial charge in [-0.05, 0) is 24.3 Å². The van der Waals surface area contributed by atoms with Crippen molar-refractivity contribution >= 4 is 11.9 Å². The van der Waals surface area contributed by atoms with Crippen molar-refractivity contribution in [2.24, 2.45) is 5.73 Å². The van der Waals surface area contributed by atoms with Gasteiger partial charge in [0.05, 0.1) is 13.4 Å². The minimum Gasteiger partial charge on any atom is -0.467 e. The van der Waals surface area contributed by atoms with E-state index in [0.29, 0.717) is 11.5 Å². The topological polar surface area (TPSA) is 107 Å². The molecular weight excluding hydrogens is 274 g/mol. The van der Waals surface area contributed by atoms with E-state index in [9.17, 15) is 9.59 Å². The first-order valence-electron chi connectivity index (χ1n) is 6.25. The van der Waals surface area contributed by atoms with E-state index in [2.05, 4.69) is 15.0 Å². The highest BCUT2D eigenvalue weighted by Crippen LogP contribution is 2.17. The Balaban J connectivity index is 2.16. The zero-order chi connectivity index (χ0) is 15.2. The van der Waals surface area contributed by atoms with Crippen LogP contribution in [0.3, 0.4) is 0 Å². The van der Waals surface area contributed by atoms with Gasteiger partial charge < -0.3 is 20.2 Å². The standard InChI is InChI=1S/C14H15N3O4/c1-20-14(19)11(8-15)17-13(18)10-5-2-4-9(16-10)12-6-3-7-21-12/h2-7,11H,8,15H2,1H3,(H,17,18)/t11-/m0/s1. The smallest absolute Gasteiger partial charge is 0.329 e. The van der Waals surface area contributed by atoms with Crippen molar-refractivity contribution in [3.05, 3.63) is 42.3 Å². The maximum absolute atomic E-state index is 12.1. The van der Waals surface area contributed by atoms with Gasteiger partial charge in [0.15, 0.2) is 5.76 Å². The van der Waals surface area contributed by atoms with Crippen LogP contribution in [0.25, 0.3) is 11.5 Å². The average Bonchev–Trinajstić information content (AvgIpc) is 3.06. The third-order valence-corrected chi connectivity index (χ3v) is 2.78. The summed E-state index contributed by atoms with van der Waals surface area (Å²) in [5.74, 6) is -0.565. The number of pyridine rings is 1. The summed E-state index contributed by atoms with van der Waals surface area (Å²) in [5, 5.41) is 2.47. The molecule has 0 radical (unpaired) electrons. The molecule has 7 nitrogen and oxygen atoms in total. The number of nitrogens with two attached hydrogens (primary N) is 1. The van der Waals surface area contributed by atoms with Gasteiger partial charge in [-0.3, -0.25) is 4.79 Å². The fourth-order valence-electron chi connectivity index (χ4n) is 1.71. The van der Waals surface area contributed by atoms with Crippen LogP contribution in [0.15, 0.2) is 41.0 Å². The summed E-state index contributed by atoms with van der Waals surface area (Å²) in [4.78, 5) is 27.7. The molecule has 0 saturated carbocycles. The van der Waals surface area contributed by atoms with Gasteiger partial charge in [-0.25, -0.2) is 9.78 Å². The monoisotopic (exact) mass is 289 g/mol. The van der Waals surface area contributed by atoms with E-state index in [1.165, 1.54) is 19.4 Å². The molecule has 0 aliphatic rings. The molecule has 0 aliphatic carbocycles. The van der Waals surface area contributed by atoms with E-state index in [-0.39, 0.29) is 12.2 Å². The van der Waals surface area contributed by atoms with E-state index in [0.717, 1.165) is 0 Å². The maximum atomic E-state index is 12.1. The predicted octanol–water partition coefficient (Wildman–Crippen LogP) is 0.572. The van der Waals surface area contributed by atoms with E-state index < -0.39 is 17.9 Å². The van der Waals surface area contributed by atoms with E-state index >= 15 is 0 Å². The third kappa shape index (κ3) is 3.46. The van der Waals surface area contributed by atoms with Crippen LogP contribution in [0.1, 0.15) is 10.5 Å². The van der Waals surface area contributed by atoms with Gasteiger partial charge in [0, 0.05) is 6.54 Å². The second kappa shape index (κ2) is 6.67. The largest absolute Gasteiger partial charge is 0.467 e. The van der Waals surface area contributed by atoms with Gasteiger partial charge in [0.2, 0.25) is 0 Å². The highest BCUT2D eigenvalue weighted by Gasteiger charge is 2.21. The van der Waals surface area contributed by atoms with Crippen LogP contribution in [0.4, 0.5) is 0 Å². The molecule has 2 rings (SSSR count). The zero-order valence-electron chi connectivity index (χ0n) is 11.4. The molecular formula is C14H15N3O4. The lowest BCUT2D eigenvalue weighted by atomic mass is 10.2. The molecule has 0 saturated heterocycles. The van der Waals surface area contributed by atoms with Crippen molar-refractivity contribution in [2.45, 2.75) is 6.04 Å². The van der Waals surface area contributed by atoms with Crippen LogP contribution in [0, 0.1) is 0 Å². The Morgan fingerprint density at radius 1 is 1.38 bits per heavy atom. The summed E-state index contributed by atoms with van der Waals surface area (Å²) < 4.78 is 9.78. The number of carbonyl (C=O) groups is 2. The summed E-state index contributed by atoms with van der Waals surface area (Å²) in [6.07, 6.45) is 1.52. The van der Waals surface area contributed by atoms with Crippen molar-refractivity contribution in [3.8, 4) is 11.5 Å². The Morgan fingerprint density at radius 3 is 2.81 bits per heavy atom. The Bertz CT molecular complexity index is 625. The zero-order valence-corrected chi connectivity index (χ0v) is 11.4. The lowest BCUT2D eigenvalue weighted by Gasteiger charge is -2.14. The summed E-state index contributed by atoms with van der Waals surface area (Å²) in [7, 11) is 1.23. The molecule has 3 N–H and O–H groups in total. The lowest BCUT2D eigenvalue weighted by Crippen LogP contribution is -2.46. The van der Waals surface area contributed by atoms with Crippen molar-refractivity contribution in [2.75, 3.05) is 13.7 Å². The molecule has 0 bridgehead atoms. The van der Waals surface area contributed by atoms with Gasteiger partial charge in [-0.2, -0.15) is 0 Å². The van der Waals surface area contributed by atoms with Crippen LogP contribution in [0.2, 0.25) is 0 Å². The molecule has 7 heteroatoms. The number of methoxy groups -OCH3 is 1. The minimum atomic E-state index is -0.906. The van der Waals surface area contributed by atoms with Gasteiger partial charge in [-0.1, -0.05) is 6.07 Å². The molecule has 2 aromatic heterocycles. The van der Waals surface area contributed by atoms with Crippen molar-refractivity contribution in [1.82, 2.24) is 10.3 Å². The number of nitrogens with zero attached hydrogens (tertiary/aromatic N) is 1. The van der Waals surface area contributed by atoms with Gasteiger partial charge >= 0.3 is 5.97 Å². The highest BCUT2D eigenvalue weighted by molar-refractivity contribution is 5.95. The number of aromatic nitrogens is 1. The van der Waals surface area contributed by atoms with Crippen molar-refractivity contribution in [1.29, 1.82) is 0 Å². The van der Waals surface area contributed by atoms with E-state index in [1.807, 2.05) is 0 Å². The van der Waals surface area contributed by atoms with Crippen LogP contribution in [-0.2, 0) is 9.53 Å². The number of amides is 1. The lowest BCUT2D eigenvalue weighted by molar-refractivity contribution is -0.142. The first-order chi connectivity index (χ1) is 10.2. The number of rotatable bonds is 5. The Hall–Kier alpha value is -2.67. The molecule has 0 aliphatic heterocycles. The number of furan rings is 1. The van der Waals surface area contributed by atoms with Gasteiger partial charge in [0.25, 0.3) is 5.91 Å². The number of hydrogen-bond acceptors (Lipinski definition) is 6. The van der Waals surface area contributed by atoms with Crippen LogP contribution in [-0.4, -0.2) is 36.6 Å². The number of nitrogens with one attached hydrogen (secondary N) is 1. The maximum Gasteiger partial charge on any atom is 0.329 e. The predicted molar refractivity (Wildman–Crippen MR) is 74.3 cm³/mol. The SMILES string of the molecule is COC(=O)[C@H](CN)NC(=O)c1cccc(-c2ccco2)n1. The first kappa shape index (κ1) is 14.7. The van der Waals surface area contributed by atoms with E-state index in [1.54, 1.807) is 24.3 Å². The van der Waals surface area contributed by atoms with E-state index in [4.69, 9.17) is 10.2 Å². The Morgan fingerprint density at radius 2 is 2.19 bits per heavy atom.